The van der Waals surface area contributed by atoms with Crippen LogP contribution in [0.3, 0.4) is 0 Å². The molecule has 0 unspecified atom stereocenters. The van der Waals surface area contributed by atoms with Crippen molar-refractivity contribution >= 4 is 16.2 Å². The molecule has 228 valence electrons. The van der Waals surface area contributed by atoms with Gasteiger partial charge >= 0.3 is 8.40 Å². The smallest absolute Gasteiger partial charge is 0.282 e. The third kappa shape index (κ3) is 7.16. The molecule has 0 saturated heterocycles. The van der Waals surface area contributed by atoms with Crippen molar-refractivity contribution in [2.24, 2.45) is 0 Å². The van der Waals surface area contributed by atoms with E-state index in [1.54, 1.807) is 0 Å². The van der Waals surface area contributed by atoms with Gasteiger partial charge < -0.3 is 0 Å². The van der Waals surface area contributed by atoms with E-state index < -0.39 is 16.2 Å². The fourth-order valence-electron chi connectivity index (χ4n) is 8.55. The van der Waals surface area contributed by atoms with Crippen LogP contribution in [0.25, 0.3) is 0 Å². The van der Waals surface area contributed by atoms with Crippen LogP contribution >= 0.6 is 7.77 Å². The molecule has 0 aromatic carbocycles. The molecule has 4 saturated carbocycles. The second-order valence-corrected chi connectivity index (χ2v) is 21.4. The van der Waals surface area contributed by atoms with Crippen LogP contribution in [0.15, 0.2) is 12.4 Å². The molecular weight excluding hydrogens is 523 g/mol. The minimum atomic E-state index is -1.06. The summed E-state index contributed by atoms with van der Waals surface area (Å²) in [7, 11) is -1.49. The van der Waals surface area contributed by atoms with Gasteiger partial charge in [0.15, 0.2) is 0 Å². The summed E-state index contributed by atoms with van der Waals surface area (Å²) >= 11 is 0. The van der Waals surface area contributed by atoms with Crippen LogP contribution in [0.2, 0.25) is 0 Å². The fraction of sp³-hybridized carbons (Fsp3) is 0.941. The molecule has 0 aliphatic heterocycles. The Morgan fingerprint density at radius 3 is 1.18 bits per heavy atom. The van der Waals surface area contributed by atoms with Crippen molar-refractivity contribution in [2.45, 2.75) is 205 Å². The van der Waals surface area contributed by atoms with Gasteiger partial charge in [0.05, 0.1) is 11.1 Å². The molecule has 0 amide bonds. The number of rotatable bonds is 7. The highest BCUT2D eigenvalue weighted by molar-refractivity contribution is 7.82. The summed E-state index contributed by atoms with van der Waals surface area (Å²) in [5.41, 5.74) is 0.307. The van der Waals surface area contributed by atoms with Crippen molar-refractivity contribution in [2.75, 3.05) is 0 Å². The summed E-state index contributed by atoms with van der Waals surface area (Å²) in [6.07, 6.45) is 34.2. The topological polar surface area (TPSA) is 15.3 Å². The minimum Gasteiger partial charge on any atom is -0.282 e. The van der Waals surface area contributed by atoms with E-state index in [2.05, 4.69) is 71.7 Å². The highest BCUT2D eigenvalue weighted by Gasteiger charge is 2.52. The number of hydrogen-bond acceptors (Lipinski definition) is 2. The molecule has 5 rings (SSSR count). The van der Waals surface area contributed by atoms with Gasteiger partial charge in [-0.2, -0.15) is 0 Å². The first-order valence-corrected chi connectivity index (χ1v) is 21.1. The SMILES string of the molecule is CC(C)(C)n1cc[n+](C(C)(C)C)[si]1P(N(C1CCCCC1)C1CCCCC1)N(C1CCCCC1)C1CCCCC1. The van der Waals surface area contributed by atoms with Gasteiger partial charge in [-0.25, -0.2) is 0 Å². The Balaban J connectivity index is 1.73. The lowest BCUT2D eigenvalue weighted by atomic mass is 9.91. The van der Waals surface area contributed by atoms with Gasteiger partial charge in [-0.3, -0.25) is 17.8 Å². The largest absolute Gasteiger partial charge is 0.536 e. The summed E-state index contributed by atoms with van der Waals surface area (Å²) in [4.78, 5) is 0. The third-order valence-electron chi connectivity index (χ3n) is 10.7. The van der Waals surface area contributed by atoms with Gasteiger partial charge in [-0.15, -0.1) is 0 Å². The predicted molar refractivity (Wildman–Crippen MR) is 174 cm³/mol. The molecule has 0 atom stereocenters. The third-order valence-corrected chi connectivity index (χ3v) is 19.4. The number of nitrogens with zero attached hydrogens (tertiary/aromatic N) is 4. The van der Waals surface area contributed by atoms with E-state index in [4.69, 9.17) is 0 Å². The summed E-state index contributed by atoms with van der Waals surface area (Å²) < 4.78 is 12.6. The van der Waals surface area contributed by atoms with E-state index in [0.29, 0.717) is 0 Å². The Bertz CT molecular complexity index is 802. The highest BCUT2D eigenvalue weighted by Crippen LogP contribution is 2.56. The van der Waals surface area contributed by atoms with Crippen molar-refractivity contribution in [3.63, 3.8) is 0 Å². The molecule has 4 nitrogen and oxygen atoms in total. The van der Waals surface area contributed by atoms with Crippen LogP contribution in [0.4, 0.5) is 0 Å². The standard InChI is InChI=1S/C34H64N4PSi/c1-33(2,3)35-27-28-36(34(4,5)6)40(35)39(37(29-19-11-7-12-20-29)30-21-13-8-14-22-30)38(31-23-15-9-16-24-31)32-25-17-10-18-26-32/h27-32H,7-26H2,1-6H3/q+1. The second kappa shape index (κ2) is 13.7. The van der Waals surface area contributed by atoms with Crippen LogP contribution in [0.1, 0.15) is 170 Å². The zero-order valence-corrected chi connectivity index (χ0v) is 29.2. The molecule has 0 bridgehead atoms. The van der Waals surface area contributed by atoms with E-state index >= 15 is 0 Å². The van der Waals surface area contributed by atoms with Crippen LogP contribution in [-0.4, -0.2) is 46.1 Å². The van der Waals surface area contributed by atoms with E-state index in [1.165, 1.54) is 128 Å². The first kappa shape index (κ1) is 31.3. The first-order valence-electron chi connectivity index (χ1n) is 17.7. The summed E-state index contributed by atoms with van der Waals surface area (Å²) in [5.74, 6) is 0. The molecule has 6 heteroatoms. The molecular formula is C34H64N4PSi+. The van der Waals surface area contributed by atoms with Crippen molar-refractivity contribution in [3.05, 3.63) is 12.4 Å². The number of aromatic nitrogens is 2. The lowest BCUT2D eigenvalue weighted by Crippen LogP contribution is -2.62. The monoisotopic (exact) mass is 587 g/mol. The summed E-state index contributed by atoms with van der Waals surface area (Å²) in [6, 6.07) is 3.22. The van der Waals surface area contributed by atoms with E-state index in [1.807, 2.05) is 0 Å². The lowest BCUT2D eigenvalue weighted by molar-refractivity contribution is -0.705. The predicted octanol–water partition coefficient (Wildman–Crippen LogP) is 9.32. The Morgan fingerprint density at radius 2 is 0.900 bits per heavy atom. The summed E-state index contributed by atoms with van der Waals surface area (Å²) in [5, 5.41) is 0. The molecule has 4 fully saturated rings. The molecule has 0 spiro atoms. The molecule has 4 aliphatic rings. The Kier molecular flexibility index (Phi) is 10.7. The average Bonchev–Trinajstić information content (AvgIpc) is 3.42. The Morgan fingerprint density at radius 1 is 0.575 bits per heavy atom. The van der Waals surface area contributed by atoms with Crippen molar-refractivity contribution < 1.29 is 4.22 Å². The minimum absolute atomic E-state index is 0.154. The average molecular weight is 588 g/mol. The molecule has 1 aromatic heterocycles. The molecule has 1 heterocycles. The molecule has 40 heavy (non-hydrogen) atoms. The van der Waals surface area contributed by atoms with Gasteiger partial charge in [0.1, 0.15) is 20.2 Å². The van der Waals surface area contributed by atoms with Crippen molar-refractivity contribution in [1.29, 1.82) is 0 Å². The molecule has 4 aliphatic carbocycles. The molecule has 0 N–H and O–H groups in total. The maximum atomic E-state index is 3.37. The van der Waals surface area contributed by atoms with E-state index in [-0.39, 0.29) is 11.1 Å². The van der Waals surface area contributed by atoms with E-state index in [9.17, 15) is 0 Å². The number of hydrogen-bond donors (Lipinski definition) is 0. The maximum absolute atomic E-state index is 3.37. The maximum Gasteiger partial charge on any atom is 0.536 e. The fourth-order valence-corrected chi connectivity index (χ4v) is 20.1. The lowest BCUT2D eigenvalue weighted by Gasteiger charge is -2.52. The van der Waals surface area contributed by atoms with Crippen LogP contribution in [-0.2, 0) is 11.1 Å². The summed E-state index contributed by atoms with van der Waals surface area (Å²) in [6.45, 7) is 15.0. The van der Waals surface area contributed by atoms with Gasteiger partial charge in [0.25, 0.3) is 0 Å². The van der Waals surface area contributed by atoms with Gasteiger partial charge in [-0.1, -0.05) is 77.0 Å². The Hall–Kier alpha value is -0.0931. The highest BCUT2D eigenvalue weighted by atomic mass is 31.4. The van der Waals surface area contributed by atoms with Gasteiger partial charge in [0, 0.05) is 24.2 Å². The molecule has 1 aromatic rings. The Labute approximate surface area is 251 Å². The van der Waals surface area contributed by atoms with Crippen LogP contribution in [0, 0.1) is 0 Å². The van der Waals surface area contributed by atoms with E-state index in [0.717, 1.165) is 24.2 Å². The van der Waals surface area contributed by atoms with Gasteiger partial charge in [-0.05, 0) is 92.9 Å². The van der Waals surface area contributed by atoms with Gasteiger partial charge in [0.2, 0.25) is 0 Å². The van der Waals surface area contributed by atoms with Crippen LogP contribution < -0.4 is 4.22 Å². The normalized spacial score (nSPS) is 24.0. The zero-order chi connectivity index (χ0) is 28.3. The van der Waals surface area contributed by atoms with Crippen molar-refractivity contribution in [3.8, 4) is 0 Å². The first-order chi connectivity index (χ1) is 19.2. The quantitative estimate of drug-likeness (QED) is 0.233. The van der Waals surface area contributed by atoms with Crippen LogP contribution in [0.5, 0.6) is 0 Å². The second-order valence-electron chi connectivity index (χ2n) is 15.9. The molecule has 0 radical (unpaired) electrons. The van der Waals surface area contributed by atoms with Crippen molar-refractivity contribution in [1.82, 2.24) is 13.6 Å². The zero-order valence-electron chi connectivity index (χ0n) is 27.3.